The number of carbonyl (C=O) groups is 1. The van der Waals surface area contributed by atoms with E-state index >= 15 is 0 Å². The predicted octanol–water partition coefficient (Wildman–Crippen LogP) is 4.19. The summed E-state index contributed by atoms with van der Waals surface area (Å²) >= 11 is 0. The number of benzene rings is 2. The van der Waals surface area contributed by atoms with Gasteiger partial charge in [0.05, 0.1) is 6.42 Å². The lowest BCUT2D eigenvalue weighted by Crippen LogP contribution is -2.31. The lowest BCUT2D eigenvalue weighted by atomic mass is 10.00. The maximum absolute atomic E-state index is 11.0. The molecule has 1 N–H and O–H groups in total. The summed E-state index contributed by atoms with van der Waals surface area (Å²) < 4.78 is 17.1. The van der Waals surface area contributed by atoms with E-state index in [0.29, 0.717) is 12.4 Å². The zero-order valence-corrected chi connectivity index (χ0v) is 15.7. The normalized spacial score (nSPS) is 11.4. The van der Waals surface area contributed by atoms with Crippen LogP contribution in [0.25, 0.3) is 0 Å². The fraction of sp³-hybridized carbons (Fsp3) is 0.381. The Hall–Kier alpha value is -2.37. The van der Waals surface area contributed by atoms with Gasteiger partial charge in [-0.25, -0.2) is 0 Å². The van der Waals surface area contributed by atoms with Crippen molar-refractivity contribution in [1.82, 2.24) is 0 Å². The van der Waals surface area contributed by atoms with Gasteiger partial charge >= 0.3 is 5.97 Å². The third kappa shape index (κ3) is 4.62. The molecule has 2 aromatic rings. The Bertz CT molecular complexity index is 730. The molecule has 0 saturated carbocycles. The first kappa shape index (κ1) is 19.9. The van der Waals surface area contributed by atoms with E-state index in [0.717, 1.165) is 11.1 Å². The topological polar surface area (TPSA) is 65.0 Å². The minimum atomic E-state index is -1.11. The molecule has 0 fully saturated rings. The smallest absolute Gasteiger partial charge is 0.303 e. The minimum Gasteiger partial charge on any atom is -0.489 e. The van der Waals surface area contributed by atoms with E-state index in [-0.39, 0.29) is 12.8 Å². The molecule has 0 atom stereocenters. The fourth-order valence-electron chi connectivity index (χ4n) is 2.99. The number of hydrogen-bond donors (Lipinski definition) is 1. The molecule has 26 heavy (non-hydrogen) atoms. The average molecular weight is 358 g/mol. The number of carboxylic acid groups (broad SMARTS) is 1. The van der Waals surface area contributed by atoms with Crippen molar-refractivity contribution in [3.8, 4) is 5.75 Å². The van der Waals surface area contributed by atoms with Crippen molar-refractivity contribution >= 4 is 5.97 Å². The minimum absolute atomic E-state index is 0.0603. The van der Waals surface area contributed by atoms with E-state index in [1.165, 1.54) is 25.3 Å². The van der Waals surface area contributed by atoms with Gasteiger partial charge in [-0.05, 0) is 42.7 Å². The van der Waals surface area contributed by atoms with Crippen LogP contribution in [0.3, 0.4) is 0 Å². The van der Waals surface area contributed by atoms with E-state index in [1.54, 1.807) is 0 Å². The van der Waals surface area contributed by atoms with Crippen molar-refractivity contribution in [2.45, 2.75) is 39.1 Å². The molecule has 0 amide bonds. The van der Waals surface area contributed by atoms with Gasteiger partial charge in [0.25, 0.3) is 0 Å². The van der Waals surface area contributed by atoms with Crippen molar-refractivity contribution < 1.29 is 24.1 Å². The van der Waals surface area contributed by atoms with E-state index in [4.69, 9.17) is 19.3 Å². The van der Waals surface area contributed by atoms with Crippen molar-refractivity contribution in [2.24, 2.45) is 0 Å². The number of aryl methyl sites for hydroxylation is 2. The lowest BCUT2D eigenvalue weighted by molar-refractivity contribution is -0.221. The molecule has 0 spiro atoms. The van der Waals surface area contributed by atoms with E-state index in [9.17, 15) is 4.79 Å². The SMILES string of the molecule is COC(CCC(=O)O)(OC)c1cccc(OCc2c(C)cccc2C)c1. The van der Waals surface area contributed by atoms with Crippen molar-refractivity contribution in [1.29, 1.82) is 0 Å². The number of hydrogen-bond acceptors (Lipinski definition) is 4. The lowest BCUT2D eigenvalue weighted by Gasteiger charge is -2.31. The highest BCUT2D eigenvalue weighted by Gasteiger charge is 2.33. The van der Waals surface area contributed by atoms with Crippen LogP contribution < -0.4 is 4.74 Å². The largest absolute Gasteiger partial charge is 0.489 e. The van der Waals surface area contributed by atoms with Crippen molar-refractivity contribution in [2.75, 3.05) is 14.2 Å². The van der Waals surface area contributed by atoms with Gasteiger partial charge in [-0.1, -0.05) is 30.3 Å². The number of ether oxygens (including phenoxy) is 3. The van der Waals surface area contributed by atoms with Gasteiger partial charge in [0.1, 0.15) is 12.4 Å². The van der Waals surface area contributed by atoms with Gasteiger partial charge in [0.2, 0.25) is 0 Å². The molecule has 0 radical (unpaired) electrons. The third-order valence-corrected chi connectivity index (χ3v) is 4.63. The van der Waals surface area contributed by atoms with Crippen LogP contribution in [0.4, 0.5) is 0 Å². The summed E-state index contributed by atoms with van der Waals surface area (Å²) in [6.07, 6.45) is 0.144. The Kier molecular flexibility index (Phi) is 6.77. The van der Waals surface area contributed by atoms with Crippen LogP contribution in [-0.2, 0) is 26.7 Å². The van der Waals surface area contributed by atoms with Crippen LogP contribution in [0, 0.1) is 13.8 Å². The van der Waals surface area contributed by atoms with Gasteiger partial charge < -0.3 is 19.3 Å². The molecular weight excluding hydrogens is 332 g/mol. The summed E-state index contributed by atoms with van der Waals surface area (Å²) in [4.78, 5) is 11.0. The maximum atomic E-state index is 11.0. The van der Waals surface area contributed by atoms with Crippen LogP contribution in [0.5, 0.6) is 5.75 Å². The Morgan fingerprint density at radius 2 is 1.65 bits per heavy atom. The molecular formula is C21H26O5. The van der Waals surface area contributed by atoms with Gasteiger partial charge in [-0.2, -0.15) is 0 Å². The van der Waals surface area contributed by atoms with Gasteiger partial charge in [-0.15, -0.1) is 0 Å². The van der Waals surface area contributed by atoms with Crippen molar-refractivity contribution in [3.63, 3.8) is 0 Å². The van der Waals surface area contributed by atoms with Crippen LogP contribution in [0.15, 0.2) is 42.5 Å². The Morgan fingerprint density at radius 3 is 2.23 bits per heavy atom. The monoisotopic (exact) mass is 358 g/mol. The number of methoxy groups -OCH3 is 2. The summed E-state index contributed by atoms with van der Waals surface area (Å²) in [6, 6.07) is 13.6. The average Bonchev–Trinajstić information content (AvgIpc) is 2.63. The fourth-order valence-corrected chi connectivity index (χ4v) is 2.99. The predicted molar refractivity (Wildman–Crippen MR) is 99.3 cm³/mol. The van der Waals surface area contributed by atoms with Crippen LogP contribution in [0.2, 0.25) is 0 Å². The summed E-state index contributed by atoms with van der Waals surface area (Å²) in [5.74, 6) is -1.33. The second-order valence-corrected chi connectivity index (χ2v) is 6.24. The summed E-state index contributed by atoms with van der Waals surface area (Å²) in [5, 5.41) is 9.00. The van der Waals surface area contributed by atoms with Gasteiger partial charge in [0.15, 0.2) is 5.79 Å². The molecule has 0 bridgehead atoms. The number of rotatable bonds is 9. The first-order valence-electron chi connectivity index (χ1n) is 8.52. The third-order valence-electron chi connectivity index (χ3n) is 4.63. The molecule has 0 aliphatic rings. The molecule has 0 unspecified atom stereocenters. The molecule has 140 valence electrons. The second-order valence-electron chi connectivity index (χ2n) is 6.24. The Balaban J connectivity index is 2.21. The second kappa shape index (κ2) is 8.83. The van der Waals surface area contributed by atoms with E-state index in [1.807, 2.05) is 30.3 Å². The Morgan fingerprint density at radius 1 is 1.04 bits per heavy atom. The molecule has 2 aromatic carbocycles. The highest BCUT2D eigenvalue weighted by Crippen LogP contribution is 2.33. The first-order valence-corrected chi connectivity index (χ1v) is 8.52. The molecule has 5 nitrogen and oxygen atoms in total. The zero-order chi connectivity index (χ0) is 19.2. The van der Waals surface area contributed by atoms with Gasteiger partial charge in [-0.3, -0.25) is 4.79 Å². The highest BCUT2D eigenvalue weighted by atomic mass is 16.7. The molecule has 2 rings (SSSR count). The van der Waals surface area contributed by atoms with E-state index in [2.05, 4.69) is 26.0 Å². The summed E-state index contributed by atoms with van der Waals surface area (Å²) in [6.45, 7) is 4.59. The molecule has 0 heterocycles. The first-order chi connectivity index (χ1) is 12.4. The summed E-state index contributed by atoms with van der Waals surface area (Å²) in [5.41, 5.74) is 4.26. The van der Waals surface area contributed by atoms with Crippen molar-refractivity contribution in [3.05, 3.63) is 64.7 Å². The van der Waals surface area contributed by atoms with Gasteiger partial charge in [0, 0.05) is 26.2 Å². The molecule has 0 aromatic heterocycles. The van der Waals surface area contributed by atoms with Crippen LogP contribution >= 0.6 is 0 Å². The summed E-state index contributed by atoms with van der Waals surface area (Å²) in [7, 11) is 3.02. The maximum Gasteiger partial charge on any atom is 0.303 e. The Labute approximate surface area is 154 Å². The number of aliphatic carboxylic acids is 1. The molecule has 0 aliphatic heterocycles. The van der Waals surface area contributed by atoms with E-state index < -0.39 is 11.8 Å². The van der Waals surface area contributed by atoms with Crippen LogP contribution in [0.1, 0.15) is 35.1 Å². The number of carboxylic acids is 1. The molecule has 0 aliphatic carbocycles. The quantitative estimate of drug-likeness (QED) is 0.681. The van der Waals surface area contributed by atoms with Crippen LogP contribution in [-0.4, -0.2) is 25.3 Å². The molecule has 5 heteroatoms. The standard InChI is InChI=1S/C21H26O5/c1-15-7-5-8-16(2)19(15)14-26-18-10-6-9-17(13-18)21(24-3,25-4)12-11-20(22)23/h5-10,13H,11-12,14H2,1-4H3,(H,22,23). The molecule has 0 saturated heterocycles. The highest BCUT2D eigenvalue weighted by molar-refractivity contribution is 5.66. The zero-order valence-electron chi connectivity index (χ0n) is 15.7.